The lowest BCUT2D eigenvalue weighted by Crippen LogP contribution is -1.90. The van der Waals surface area contributed by atoms with E-state index in [1.807, 2.05) is 95.8 Å². The molecule has 13 nitrogen and oxygen atoms in total. The molecule has 216 valence electrons. The van der Waals surface area contributed by atoms with Crippen molar-refractivity contribution in [3.63, 3.8) is 0 Å². The third-order valence-electron chi connectivity index (χ3n) is 7.19. The Balaban J connectivity index is 0.000000106. The lowest BCUT2D eigenvalue weighted by molar-refractivity contribution is 1.09. The first-order valence-electron chi connectivity index (χ1n) is 14.0. The number of hydrogen-bond donors (Lipinski definition) is 4. The molecule has 0 radical (unpaired) electrons. The van der Waals surface area contributed by atoms with Crippen LogP contribution in [0, 0.1) is 0 Å². The summed E-state index contributed by atoms with van der Waals surface area (Å²) < 4.78 is 2.05. The summed E-state index contributed by atoms with van der Waals surface area (Å²) in [6.07, 6.45) is 12.5. The van der Waals surface area contributed by atoms with Crippen molar-refractivity contribution in [2.45, 2.75) is 0 Å². The van der Waals surface area contributed by atoms with E-state index in [0.717, 1.165) is 49.6 Å². The number of aromatic amines is 4. The average Bonchev–Trinajstić information content (AvgIpc) is 3.94. The summed E-state index contributed by atoms with van der Waals surface area (Å²) in [6, 6.07) is 24.0. The number of para-hydroxylation sites is 2. The van der Waals surface area contributed by atoms with Gasteiger partial charge in [-0.05, 0) is 30.3 Å². The number of aromatic nitrogens is 13. The smallest absolute Gasteiger partial charge is 0.182 e. The number of rotatable bonds is 2. The van der Waals surface area contributed by atoms with Crippen molar-refractivity contribution in [3.05, 3.63) is 116 Å². The highest BCUT2D eigenvalue weighted by atomic mass is 15.1. The van der Waals surface area contributed by atoms with Gasteiger partial charge in [-0.25, -0.2) is 29.9 Å². The van der Waals surface area contributed by atoms with Crippen molar-refractivity contribution >= 4 is 49.7 Å². The van der Waals surface area contributed by atoms with Crippen LogP contribution in [0.2, 0.25) is 0 Å². The molecule has 8 heterocycles. The van der Waals surface area contributed by atoms with Crippen molar-refractivity contribution in [1.29, 1.82) is 0 Å². The van der Waals surface area contributed by atoms with Crippen molar-refractivity contribution in [2.75, 3.05) is 0 Å². The van der Waals surface area contributed by atoms with E-state index in [0.29, 0.717) is 22.9 Å². The minimum absolute atomic E-state index is 0.576. The Hall–Kier alpha value is -6.76. The van der Waals surface area contributed by atoms with E-state index in [4.69, 9.17) is 0 Å². The fraction of sp³-hybridized carbons (Fsp3) is 0. The van der Waals surface area contributed by atoms with Gasteiger partial charge in [0.15, 0.2) is 22.9 Å². The molecule has 10 rings (SSSR count). The molecule has 0 aliphatic carbocycles. The Morgan fingerprint density at radius 1 is 0.556 bits per heavy atom. The fourth-order valence-corrected chi connectivity index (χ4v) is 4.98. The van der Waals surface area contributed by atoms with Crippen LogP contribution < -0.4 is 0 Å². The maximum Gasteiger partial charge on any atom is 0.182 e. The molecule has 2 aromatic carbocycles. The largest absolute Gasteiger partial charge is 0.342 e. The summed E-state index contributed by atoms with van der Waals surface area (Å²) in [7, 11) is 0. The van der Waals surface area contributed by atoms with E-state index in [1.165, 1.54) is 0 Å². The summed E-state index contributed by atoms with van der Waals surface area (Å²) in [6.45, 7) is 0. The zero-order valence-electron chi connectivity index (χ0n) is 23.5. The van der Waals surface area contributed by atoms with Gasteiger partial charge in [-0.15, -0.1) is 0 Å². The topological polar surface area (TPSA) is 171 Å². The lowest BCUT2D eigenvalue weighted by atomic mass is 10.2. The number of nitrogens with one attached hydrogen (secondary N) is 4. The molecule has 4 N–H and O–H groups in total. The second-order valence-corrected chi connectivity index (χ2v) is 9.96. The molecule has 10 aromatic rings. The Bertz CT molecular complexity index is 2360. The third kappa shape index (κ3) is 4.99. The zero-order valence-corrected chi connectivity index (χ0v) is 23.5. The minimum Gasteiger partial charge on any atom is -0.342 e. The van der Waals surface area contributed by atoms with E-state index in [1.54, 1.807) is 25.0 Å². The standard InChI is InChI=1S/C13H9N5.C12H8N6.C7H6N2/c1-2-5-18-6-4-9(11(18)3-1)12-14-7-10-13(17-12)16-8-15-10;1-2-4-8-7(3-1)10(18-17-8)12-13-5-9-11(16-12)15-6-14-9;1-2-4-7-6(3-1)5-8-9-7/h1-8H,(H,14,15,16,17);1-6H,(H,17,18)(H,13,14,15,16);1-5H,(H,8,9). The number of benzene rings is 2. The van der Waals surface area contributed by atoms with Crippen molar-refractivity contribution in [2.24, 2.45) is 0 Å². The molecule has 0 amide bonds. The molecule has 0 atom stereocenters. The molecule has 0 spiro atoms. The van der Waals surface area contributed by atoms with Gasteiger partial charge in [0.2, 0.25) is 0 Å². The van der Waals surface area contributed by atoms with Crippen LogP contribution in [0.5, 0.6) is 0 Å². The highest BCUT2D eigenvalue weighted by Crippen LogP contribution is 2.24. The second-order valence-electron chi connectivity index (χ2n) is 9.96. The van der Waals surface area contributed by atoms with Gasteiger partial charge in [0, 0.05) is 28.7 Å². The number of imidazole rings is 2. The van der Waals surface area contributed by atoms with Crippen LogP contribution in [0.15, 0.2) is 116 Å². The van der Waals surface area contributed by atoms with E-state index in [-0.39, 0.29) is 0 Å². The van der Waals surface area contributed by atoms with Gasteiger partial charge in [-0.1, -0.05) is 42.5 Å². The minimum atomic E-state index is 0.576. The van der Waals surface area contributed by atoms with Crippen molar-refractivity contribution in [3.8, 4) is 22.9 Å². The lowest BCUT2D eigenvalue weighted by Gasteiger charge is -1.98. The van der Waals surface area contributed by atoms with Crippen LogP contribution in [-0.4, -0.2) is 64.7 Å². The first-order chi connectivity index (χ1) is 22.3. The Kier molecular flexibility index (Phi) is 6.42. The molecule has 13 heteroatoms. The van der Waals surface area contributed by atoms with Gasteiger partial charge in [0.25, 0.3) is 0 Å². The summed E-state index contributed by atoms with van der Waals surface area (Å²) in [5, 5.41) is 16.2. The van der Waals surface area contributed by atoms with Crippen molar-refractivity contribution in [1.82, 2.24) is 64.7 Å². The maximum atomic E-state index is 4.46. The summed E-state index contributed by atoms with van der Waals surface area (Å²) in [5.41, 5.74) is 7.92. The first kappa shape index (κ1) is 25.9. The van der Waals surface area contributed by atoms with Crippen LogP contribution in [0.3, 0.4) is 0 Å². The quantitative estimate of drug-likeness (QED) is 0.198. The maximum absolute atomic E-state index is 4.46. The van der Waals surface area contributed by atoms with Crippen LogP contribution in [0.1, 0.15) is 0 Å². The predicted octanol–water partition coefficient (Wildman–Crippen LogP) is 5.73. The fourth-order valence-electron chi connectivity index (χ4n) is 4.98. The second kappa shape index (κ2) is 11.1. The van der Waals surface area contributed by atoms with Gasteiger partial charge in [0.1, 0.15) is 16.7 Å². The normalized spacial score (nSPS) is 11.1. The summed E-state index contributed by atoms with van der Waals surface area (Å²) in [5.74, 6) is 1.27. The Labute approximate surface area is 253 Å². The zero-order chi connectivity index (χ0) is 30.0. The average molecular weight is 590 g/mol. The molecule has 0 saturated heterocycles. The number of pyridine rings is 1. The highest BCUT2D eigenvalue weighted by molar-refractivity contribution is 5.91. The SMILES string of the molecule is c1ccc2[nH]ncc2c1.c1ccc2c(-c3ncc4[nH]cnc4n3)n[nH]c2c1.c1ccn2ccc(-c3ncc4[nH]cnc4n3)c2c1. The van der Waals surface area contributed by atoms with Crippen molar-refractivity contribution < 1.29 is 0 Å². The van der Waals surface area contributed by atoms with E-state index in [2.05, 4.69) is 60.3 Å². The van der Waals surface area contributed by atoms with E-state index >= 15 is 0 Å². The molecular weight excluding hydrogens is 566 g/mol. The third-order valence-corrected chi connectivity index (χ3v) is 7.19. The van der Waals surface area contributed by atoms with E-state index < -0.39 is 0 Å². The molecule has 0 aliphatic heterocycles. The molecule has 0 bridgehead atoms. The van der Waals surface area contributed by atoms with E-state index in [9.17, 15) is 0 Å². The van der Waals surface area contributed by atoms with Gasteiger partial charge in [-0.2, -0.15) is 10.2 Å². The molecule has 0 saturated carbocycles. The molecular formula is C32H23N13. The summed E-state index contributed by atoms with van der Waals surface area (Å²) in [4.78, 5) is 31.8. The predicted molar refractivity (Wildman–Crippen MR) is 171 cm³/mol. The monoisotopic (exact) mass is 589 g/mol. The van der Waals surface area contributed by atoms with Gasteiger partial charge in [-0.3, -0.25) is 10.2 Å². The molecule has 0 aliphatic rings. The van der Waals surface area contributed by atoms with Crippen LogP contribution >= 0.6 is 0 Å². The number of fused-ring (bicyclic) bond motifs is 5. The Morgan fingerprint density at radius 2 is 1.27 bits per heavy atom. The first-order valence-corrected chi connectivity index (χ1v) is 14.0. The van der Waals surface area contributed by atoms with Crippen LogP contribution in [-0.2, 0) is 0 Å². The summed E-state index contributed by atoms with van der Waals surface area (Å²) >= 11 is 0. The number of nitrogens with zero attached hydrogens (tertiary/aromatic N) is 9. The Morgan fingerprint density at radius 3 is 2.09 bits per heavy atom. The van der Waals surface area contributed by atoms with Gasteiger partial charge >= 0.3 is 0 Å². The molecule has 0 unspecified atom stereocenters. The van der Waals surface area contributed by atoms with Gasteiger partial charge in [0.05, 0.1) is 47.8 Å². The van der Waals surface area contributed by atoms with Crippen LogP contribution in [0.4, 0.5) is 0 Å². The molecule has 8 aromatic heterocycles. The van der Waals surface area contributed by atoms with Crippen LogP contribution in [0.25, 0.3) is 72.6 Å². The number of hydrogen-bond acceptors (Lipinski definition) is 8. The number of H-pyrrole nitrogens is 4. The molecule has 45 heavy (non-hydrogen) atoms. The highest BCUT2D eigenvalue weighted by Gasteiger charge is 2.12. The van der Waals surface area contributed by atoms with Gasteiger partial charge < -0.3 is 14.4 Å². The molecule has 0 fully saturated rings.